The first kappa shape index (κ1) is 27.4. The maximum absolute atomic E-state index is 10.1. The summed E-state index contributed by atoms with van der Waals surface area (Å²) >= 11 is 0. The van der Waals surface area contributed by atoms with Gasteiger partial charge in [0.05, 0.1) is 0 Å². The molecule has 141 valence electrons. The number of carbonyl (C=O) groups is 2. The molecule has 0 atom stereocenters. The van der Waals surface area contributed by atoms with Gasteiger partial charge in [-0.15, -0.1) is 0 Å². The smallest absolute Gasteiger partial charge is 0.303 e. The van der Waals surface area contributed by atoms with Crippen LogP contribution in [0.1, 0.15) is 104 Å². The largest absolute Gasteiger partial charge is 0.481 e. The Bertz CT molecular complexity index is 231. The fourth-order valence-electron chi connectivity index (χ4n) is 2.11. The molecule has 0 amide bonds. The number of aliphatic carboxylic acids is 2. The monoisotopic (exact) mass is 419 g/mol. The van der Waals surface area contributed by atoms with E-state index in [0.717, 1.165) is 25.7 Å². The van der Waals surface area contributed by atoms with Crippen LogP contribution in [0.3, 0.4) is 0 Å². The molecule has 0 saturated carbocycles. The average molecular weight is 419 g/mol. The van der Waals surface area contributed by atoms with Gasteiger partial charge in [-0.1, -0.05) is 78.1 Å². The van der Waals surface area contributed by atoms with E-state index >= 15 is 0 Å². The van der Waals surface area contributed by atoms with Gasteiger partial charge in [-0.3, -0.25) is 9.59 Å². The van der Waals surface area contributed by atoms with E-state index in [9.17, 15) is 9.59 Å². The second-order valence-corrected chi connectivity index (χ2v) is 5.82. The first-order chi connectivity index (χ1) is 10.5. The van der Waals surface area contributed by atoms with Crippen LogP contribution in [-0.4, -0.2) is 22.2 Å². The van der Waals surface area contributed by atoms with Gasteiger partial charge in [0, 0.05) is 32.3 Å². The normalized spacial score (nSPS) is 9.48. The second kappa shape index (κ2) is 23.8. The molecule has 0 fully saturated rings. The third-order valence-electron chi connectivity index (χ3n) is 3.49. The summed E-state index contributed by atoms with van der Waals surface area (Å²) in [7, 11) is 0. The topological polar surface area (TPSA) is 74.6 Å². The summed E-state index contributed by atoms with van der Waals surface area (Å²) in [5, 5.41) is 16.6. The van der Waals surface area contributed by atoms with Crippen molar-refractivity contribution < 1.29 is 39.3 Å². The summed E-state index contributed by atoms with van der Waals surface area (Å²) in [6.07, 6.45) is 14.5. The number of carboxylic acids is 2. The molecular weight excluding hydrogens is 383 g/mol. The first-order valence-corrected chi connectivity index (χ1v) is 8.98. The minimum absolute atomic E-state index is 0. The van der Waals surface area contributed by atoms with E-state index in [1.54, 1.807) is 0 Å². The zero-order valence-corrected chi connectivity index (χ0v) is 16.6. The summed E-state index contributed by atoms with van der Waals surface area (Å²) in [6, 6.07) is 0. The van der Waals surface area contributed by atoms with Crippen LogP contribution in [0.15, 0.2) is 0 Å². The molecule has 0 unspecified atom stereocenters. The quantitative estimate of drug-likeness (QED) is 0.282. The van der Waals surface area contributed by atoms with Crippen LogP contribution in [0.4, 0.5) is 0 Å². The minimum atomic E-state index is -0.666. The van der Waals surface area contributed by atoms with Crippen molar-refractivity contribution in [1.82, 2.24) is 0 Å². The van der Waals surface area contributed by atoms with Crippen molar-refractivity contribution in [3.8, 4) is 0 Å². The van der Waals surface area contributed by atoms with Crippen LogP contribution >= 0.6 is 0 Å². The van der Waals surface area contributed by atoms with Gasteiger partial charge in [-0.25, -0.2) is 0 Å². The third-order valence-corrected chi connectivity index (χ3v) is 3.49. The van der Waals surface area contributed by atoms with Gasteiger partial charge < -0.3 is 10.2 Å². The van der Waals surface area contributed by atoms with Crippen LogP contribution in [0.5, 0.6) is 0 Å². The Hall–Kier alpha value is -0.437. The molecular formula is C18H36O4Rh. The van der Waals surface area contributed by atoms with Crippen molar-refractivity contribution in [3.63, 3.8) is 0 Å². The van der Waals surface area contributed by atoms with Gasteiger partial charge >= 0.3 is 11.9 Å². The Labute approximate surface area is 155 Å². The van der Waals surface area contributed by atoms with Gasteiger partial charge in [0.1, 0.15) is 0 Å². The standard InChI is InChI=1S/2C9H18O2.Rh/c2*1-2-3-4-5-6-7-8-9(10)11;/h2*2-8H2,1H3,(H,10,11);. The molecule has 1 radical (unpaired) electrons. The zero-order valence-electron chi connectivity index (χ0n) is 14.9. The summed E-state index contributed by atoms with van der Waals surface area (Å²) in [5.41, 5.74) is 0. The van der Waals surface area contributed by atoms with Crippen LogP contribution in [-0.2, 0) is 29.1 Å². The number of hydrogen-bond donors (Lipinski definition) is 2. The number of rotatable bonds is 14. The van der Waals surface area contributed by atoms with E-state index in [0.29, 0.717) is 12.8 Å². The molecule has 5 heteroatoms. The van der Waals surface area contributed by atoms with Gasteiger partial charge in [0.25, 0.3) is 0 Å². The Kier molecular flexibility index (Phi) is 28.4. The summed E-state index contributed by atoms with van der Waals surface area (Å²) in [6.45, 7) is 4.36. The van der Waals surface area contributed by atoms with Crippen molar-refractivity contribution in [1.29, 1.82) is 0 Å². The molecule has 0 spiro atoms. The van der Waals surface area contributed by atoms with Gasteiger partial charge in [0.2, 0.25) is 0 Å². The molecule has 0 aromatic carbocycles. The summed E-state index contributed by atoms with van der Waals surface area (Å²) < 4.78 is 0. The molecule has 0 aliphatic rings. The predicted octanol–water partition coefficient (Wildman–Crippen LogP) is 5.64. The van der Waals surface area contributed by atoms with Crippen LogP contribution in [0.25, 0.3) is 0 Å². The predicted molar refractivity (Wildman–Crippen MR) is 91.3 cm³/mol. The van der Waals surface area contributed by atoms with Gasteiger partial charge in [-0.2, -0.15) is 0 Å². The van der Waals surface area contributed by atoms with E-state index < -0.39 is 11.9 Å². The maximum Gasteiger partial charge on any atom is 0.303 e. The SMILES string of the molecule is CCCCCCCCC(=O)O.CCCCCCCCC(=O)O.[Rh]. The Morgan fingerprint density at radius 2 is 0.826 bits per heavy atom. The Morgan fingerprint density at radius 3 is 1.09 bits per heavy atom. The fraction of sp³-hybridized carbons (Fsp3) is 0.889. The van der Waals surface area contributed by atoms with Crippen LogP contribution in [0, 0.1) is 0 Å². The Morgan fingerprint density at radius 1 is 0.565 bits per heavy atom. The molecule has 0 aliphatic carbocycles. The van der Waals surface area contributed by atoms with Crippen molar-refractivity contribution >= 4 is 11.9 Å². The molecule has 0 aromatic heterocycles. The summed E-state index contributed by atoms with van der Waals surface area (Å²) in [5.74, 6) is -1.33. The number of hydrogen-bond acceptors (Lipinski definition) is 2. The van der Waals surface area contributed by atoms with Crippen LogP contribution in [0.2, 0.25) is 0 Å². The molecule has 0 saturated heterocycles. The first-order valence-electron chi connectivity index (χ1n) is 8.98. The second-order valence-electron chi connectivity index (χ2n) is 5.82. The molecule has 0 rings (SSSR count). The van der Waals surface area contributed by atoms with Crippen molar-refractivity contribution in [3.05, 3.63) is 0 Å². The van der Waals surface area contributed by atoms with Crippen molar-refractivity contribution in [2.24, 2.45) is 0 Å². The molecule has 23 heavy (non-hydrogen) atoms. The molecule has 0 aliphatic heterocycles. The van der Waals surface area contributed by atoms with Crippen LogP contribution < -0.4 is 0 Å². The molecule has 2 N–H and O–H groups in total. The number of unbranched alkanes of at least 4 members (excludes halogenated alkanes) is 10. The van der Waals surface area contributed by atoms with Crippen molar-refractivity contribution in [2.75, 3.05) is 0 Å². The fourth-order valence-corrected chi connectivity index (χ4v) is 2.11. The third kappa shape index (κ3) is 34.1. The van der Waals surface area contributed by atoms with E-state index in [2.05, 4.69) is 13.8 Å². The molecule has 0 aromatic rings. The van der Waals surface area contributed by atoms with E-state index in [-0.39, 0.29) is 19.5 Å². The van der Waals surface area contributed by atoms with Gasteiger partial charge in [0.15, 0.2) is 0 Å². The molecule has 0 bridgehead atoms. The van der Waals surface area contributed by atoms with Crippen molar-refractivity contribution in [2.45, 2.75) is 104 Å². The van der Waals surface area contributed by atoms with Gasteiger partial charge in [-0.05, 0) is 12.8 Å². The van der Waals surface area contributed by atoms with E-state index in [1.807, 2.05) is 0 Å². The Balaban J connectivity index is -0.000000333. The zero-order chi connectivity index (χ0) is 17.1. The number of carboxylic acid groups (broad SMARTS) is 2. The van der Waals surface area contributed by atoms with E-state index in [4.69, 9.17) is 10.2 Å². The average Bonchev–Trinajstić information content (AvgIpc) is 2.46. The van der Waals surface area contributed by atoms with E-state index in [1.165, 1.54) is 51.4 Å². The molecule has 0 heterocycles. The minimum Gasteiger partial charge on any atom is -0.481 e. The molecule has 4 nitrogen and oxygen atoms in total. The maximum atomic E-state index is 10.1. The summed E-state index contributed by atoms with van der Waals surface area (Å²) in [4.78, 5) is 20.2.